The van der Waals surface area contributed by atoms with Crippen LogP contribution in [0, 0.1) is 3.57 Å². The summed E-state index contributed by atoms with van der Waals surface area (Å²) in [6, 6.07) is 14.0. The Morgan fingerprint density at radius 2 is 2.00 bits per heavy atom. The van der Waals surface area contributed by atoms with E-state index in [2.05, 4.69) is 33.6 Å². The summed E-state index contributed by atoms with van der Waals surface area (Å²) in [4.78, 5) is 4.63. The predicted molar refractivity (Wildman–Crippen MR) is 96.1 cm³/mol. The van der Waals surface area contributed by atoms with Crippen LogP contribution in [0.15, 0.2) is 42.5 Å². The first kappa shape index (κ1) is 14.6. The smallest absolute Gasteiger partial charge is 0.0956 e. The van der Waals surface area contributed by atoms with Crippen LogP contribution >= 0.6 is 57.1 Å². The molecule has 0 aliphatic heterocycles. The molecule has 3 aromatic rings. The summed E-state index contributed by atoms with van der Waals surface area (Å²) in [6.07, 6.45) is 0.719. The lowest BCUT2D eigenvalue weighted by molar-refractivity contribution is 0.905. The van der Waals surface area contributed by atoms with E-state index in [-0.39, 0.29) is 5.38 Å². The van der Waals surface area contributed by atoms with Crippen LogP contribution < -0.4 is 0 Å². The number of nitrogens with zero attached hydrogens (tertiary/aromatic N) is 1. The summed E-state index contributed by atoms with van der Waals surface area (Å²) in [5.41, 5.74) is 2.11. The molecule has 0 aliphatic carbocycles. The normalized spacial score (nSPS) is 12.8. The Hall–Kier alpha value is -0.360. The van der Waals surface area contributed by atoms with E-state index in [4.69, 9.17) is 23.2 Å². The van der Waals surface area contributed by atoms with Gasteiger partial charge in [0.15, 0.2) is 0 Å². The third-order valence-electron chi connectivity index (χ3n) is 2.99. The van der Waals surface area contributed by atoms with Crippen molar-refractivity contribution in [3.63, 3.8) is 0 Å². The summed E-state index contributed by atoms with van der Waals surface area (Å²) < 4.78 is 2.33. The number of halogens is 3. The van der Waals surface area contributed by atoms with Gasteiger partial charge in [0.25, 0.3) is 0 Å². The van der Waals surface area contributed by atoms with Gasteiger partial charge in [0, 0.05) is 15.0 Å². The molecule has 0 N–H and O–H groups in total. The molecule has 0 fully saturated rings. The number of fused-ring (bicyclic) bond motifs is 1. The minimum absolute atomic E-state index is 0.110. The van der Waals surface area contributed by atoms with Crippen molar-refractivity contribution in [2.24, 2.45) is 0 Å². The zero-order valence-electron chi connectivity index (χ0n) is 10.3. The van der Waals surface area contributed by atoms with Gasteiger partial charge < -0.3 is 0 Å². The standard InChI is InChI=1S/C15H10Cl2INS/c16-9-5-6-12(18)10(7-9)11(17)8-15-19-13-3-1-2-4-14(13)20-15/h1-7,11H,8H2. The molecule has 0 bridgehead atoms. The van der Waals surface area contributed by atoms with Gasteiger partial charge in [0.2, 0.25) is 0 Å². The van der Waals surface area contributed by atoms with Crippen LogP contribution in [-0.2, 0) is 6.42 Å². The maximum atomic E-state index is 6.55. The fourth-order valence-electron chi connectivity index (χ4n) is 2.03. The number of rotatable bonds is 3. The molecule has 2 aromatic carbocycles. The van der Waals surface area contributed by atoms with Crippen LogP contribution in [0.25, 0.3) is 10.2 Å². The highest BCUT2D eigenvalue weighted by atomic mass is 127. The highest BCUT2D eigenvalue weighted by molar-refractivity contribution is 14.1. The van der Waals surface area contributed by atoms with Crippen LogP contribution in [0.5, 0.6) is 0 Å². The van der Waals surface area contributed by atoms with Crippen molar-refractivity contribution in [1.29, 1.82) is 0 Å². The van der Waals surface area contributed by atoms with Crippen molar-refractivity contribution in [3.8, 4) is 0 Å². The van der Waals surface area contributed by atoms with Gasteiger partial charge in [-0.25, -0.2) is 4.98 Å². The molecule has 0 radical (unpaired) electrons. The first-order valence-electron chi connectivity index (χ1n) is 6.07. The van der Waals surface area contributed by atoms with Crippen LogP contribution in [0.1, 0.15) is 15.9 Å². The van der Waals surface area contributed by atoms with Crippen molar-refractivity contribution < 1.29 is 0 Å². The molecule has 3 rings (SSSR count). The van der Waals surface area contributed by atoms with Crippen molar-refractivity contribution in [2.75, 3.05) is 0 Å². The summed E-state index contributed by atoms with van der Waals surface area (Å²) in [6.45, 7) is 0. The van der Waals surface area contributed by atoms with Crippen LogP contribution in [0.3, 0.4) is 0 Å². The molecular weight excluding hydrogens is 424 g/mol. The average Bonchev–Trinajstić information content (AvgIpc) is 2.83. The molecular formula is C15H10Cl2INS. The molecule has 1 atom stereocenters. The summed E-state index contributed by atoms with van der Waals surface area (Å²) in [7, 11) is 0. The fourth-order valence-corrected chi connectivity index (χ4v) is 4.53. The van der Waals surface area contributed by atoms with Gasteiger partial charge in [-0.05, 0) is 58.5 Å². The van der Waals surface area contributed by atoms with Crippen LogP contribution in [0.2, 0.25) is 5.02 Å². The lowest BCUT2D eigenvalue weighted by Gasteiger charge is -2.10. The molecule has 0 amide bonds. The Morgan fingerprint density at radius 3 is 2.80 bits per heavy atom. The monoisotopic (exact) mass is 433 g/mol. The van der Waals surface area contributed by atoms with E-state index in [0.29, 0.717) is 0 Å². The Morgan fingerprint density at radius 1 is 1.20 bits per heavy atom. The van der Waals surface area contributed by atoms with Gasteiger partial charge in [0.05, 0.1) is 20.6 Å². The molecule has 1 heterocycles. The third-order valence-corrected chi connectivity index (χ3v) is 5.65. The first-order valence-corrected chi connectivity index (χ1v) is 8.78. The van der Waals surface area contributed by atoms with Crippen LogP contribution in [0.4, 0.5) is 0 Å². The number of aromatic nitrogens is 1. The van der Waals surface area contributed by atoms with Crippen molar-refractivity contribution in [1.82, 2.24) is 4.98 Å². The fraction of sp³-hybridized carbons (Fsp3) is 0.133. The minimum atomic E-state index is -0.110. The molecule has 1 nitrogen and oxygen atoms in total. The zero-order chi connectivity index (χ0) is 14.1. The van der Waals surface area contributed by atoms with Crippen molar-refractivity contribution in [3.05, 3.63) is 61.6 Å². The van der Waals surface area contributed by atoms with E-state index in [1.165, 1.54) is 4.70 Å². The Balaban J connectivity index is 1.88. The van der Waals surface area contributed by atoms with Crippen molar-refractivity contribution in [2.45, 2.75) is 11.8 Å². The number of para-hydroxylation sites is 1. The van der Waals surface area contributed by atoms with E-state index in [0.717, 1.165) is 31.1 Å². The molecule has 1 unspecified atom stereocenters. The predicted octanol–water partition coefficient (Wildman–Crippen LogP) is 6.08. The average molecular weight is 434 g/mol. The highest BCUT2D eigenvalue weighted by Gasteiger charge is 2.15. The van der Waals surface area contributed by atoms with Gasteiger partial charge in [-0.1, -0.05) is 23.7 Å². The van der Waals surface area contributed by atoms with E-state index in [1.54, 1.807) is 11.3 Å². The van der Waals surface area contributed by atoms with E-state index >= 15 is 0 Å². The lowest BCUT2D eigenvalue weighted by Crippen LogP contribution is -1.98. The Bertz CT molecular complexity index is 723. The van der Waals surface area contributed by atoms with Gasteiger partial charge >= 0.3 is 0 Å². The van der Waals surface area contributed by atoms with Gasteiger partial charge in [-0.3, -0.25) is 0 Å². The van der Waals surface area contributed by atoms with Crippen molar-refractivity contribution >= 4 is 67.3 Å². The number of thiazole rings is 1. The zero-order valence-corrected chi connectivity index (χ0v) is 14.8. The molecule has 1 aromatic heterocycles. The number of alkyl halides is 1. The van der Waals surface area contributed by atoms with Gasteiger partial charge in [-0.2, -0.15) is 0 Å². The molecule has 0 spiro atoms. The first-order chi connectivity index (χ1) is 9.63. The van der Waals surface area contributed by atoms with Crippen LogP contribution in [-0.4, -0.2) is 4.98 Å². The molecule has 0 saturated carbocycles. The lowest BCUT2D eigenvalue weighted by atomic mass is 10.1. The van der Waals surface area contributed by atoms with Gasteiger partial charge in [0.1, 0.15) is 0 Å². The Kier molecular flexibility index (Phi) is 4.50. The molecule has 0 aliphatic rings. The highest BCUT2D eigenvalue weighted by Crippen LogP contribution is 2.33. The second-order valence-corrected chi connectivity index (χ2v) is 7.65. The summed E-state index contributed by atoms with van der Waals surface area (Å²) >= 11 is 16.6. The maximum absolute atomic E-state index is 6.55. The summed E-state index contributed by atoms with van der Waals surface area (Å²) in [5, 5.41) is 1.67. The molecule has 5 heteroatoms. The third kappa shape index (κ3) is 3.11. The largest absolute Gasteiger partial charge is 0.241 e. The number of benzene rings is 2. The number of hydrogen-bond donors (Lipinski definition) is 0. The van der Waals surface area contributed by atoms with E-state index in [9.17, 15) is 0 Å². The molecule has 20 heavy (non-hydrogen) atoms. The summed E-state index contributed by atoms with van der Waals surface area (Å²) in [5.74, 6) is 0. The minimum Gasteiger partial charge on any atom is -0.241 e. The second kappa shape index (κ2) is 6.18. The van der Waals surface area contributed by atoms with Gasteiger partial charge in [-0.15, -0.1) is 22.9 Å². The SMILES string of the molecule is Clc1ccc(I)c(C(Cl)Cc2nc3ccccc3s2)c1. The van der Waals surface area contributed by atoms with E-state index < -0.39 is 0 Å². The molecule has 0 saturated heterocycles. The Labute approximate surface area is 145 Å². The second-order valence-electron chi connectivity index (χ2n) is 4.41. The topological polar surface area (TPSA) is 12.9 Å². The van der Waals surface area contributed by atoms with E-state index in [1.807, 2.05) is 36.4 Å². The number of hydrogen-bond acceptors (Lipinski definition) is 2. The quantitative estimate of drug-likeness (QED) is 0.360. The molecule has 102 valence electrons. The maximum Gasteiger partial charge on any atom is 0.0956 e.